The largest absolute Gasteiger partial charge is 0.490 e. The monoisotopic (exact) mass is 259 g/mol. The molecule has 0 bridgehead atoms. The van der Waals surface area contributed by atoms with E-state index in [2.05, 4.69) is 5.32 Å². The van der Waals surface area contributed by atoms with Gasteiger partial charge in [0.1, 0.15) is 11.9 Å². The van der Waals surface area contributed by atoms with Crippen LogP contribution in [0.4, 0.5) is 13.2 Å². The summed E-state index contributed by atoms with van der Waals surface area (Å²) in [5.41, 5.74) is -0.644. The molecule has 1 aliphatic carbocycles. The first-order valence-corrected chi connectivity index (χ1v) is 6.06. The Morgan fingerprint density at radius 3 is 2.33 bits per heavy atom. The first kappa shape index (κ1) is 13.2. The van der Waals surface area contributed by atoms with E-state index in [1.54, 1.807) is 0 Å². The molecule has 0 saturated heterocycles. The molecule has 1 fully saturated rings. The highest BCUT2D eigenvalue weighted by molar-refractivity contribution is 5.29. The number of hydrogen-bond donors (Lipinski definition) is 1. The highest BCUT2D eigenvalue weighted by Gasteiger charge is 2.31. The van der Waals surface area contributed by atoms with Crippen LogP contribution >= 0.6 is 0 Å². The zero-order valence-electron chi connectivity index (χ0n) is 10.1. The van der Waals surface area contributed by atoms with Crippen LogP contribution in [-0.4, -0.2) is 18.7 Å². The van der Waals surface area contributed by atoms with Crippen molar-refractivity contribution in [1.82, 2.24) is 5.32 Å². The second-order valence-corrected chi connectivity index (χ2v) is 4.49. The van der Waals surface area contributed by atoms with Crippen LogP contribution < -0.4 is 10.1 Å². The molecule has 1 saturated carbocycles. The molecule has 0 atom stereocenters. The van der Waals surface area contributed by atoms with Gasteiger partial charge in [-0.25, -0.2) is 0 Å². The summed E-state index contributed by atoms with van der Waals surface area (Å²) < 4.78 is 42.6. The van der Waals surface area contributed by atoms with Gasteiger partial charge in [-0.1, -0.05) is 6.92 Å². The Morgan fingerprint density at radius 2 is 1.83 bits per heavy atom. The summed E-state index contributed by atoms with van der Waals surface area (Å²) in [6.45, 7) is 2.97. The van der Waals surface area contributed by atoms with Crippen molar-refractivity contribution in [1.29, 1.82) is 0 Å². The van der Waals surface area contributed by atoms with E-state index >= 15 is 0 Å². The van der Waals surface area contributed by atoms with Crippen LogP contribution in [0.3, 0.4) is 0 Å². The van der Waals surface area contributed by atoms with Gasteiger partial charge in [-0.15, -0.1) is 0 Å². The lowest BCUT2D eigenvalue weighted by molar-refractivity contribution is -0.137. The lowest BCUT2D eigenvalue weighted by atomic mass is 9.89. The smallest absolute Gasteiger partial charge is 0.416 e. The van der Waals surface area contributed by atoms with Gasteiger partial charge in [0.2, 0.25) is 0 Å². The summed E-state index contributed by atoms with van der Waals surface area (Å²) >= 11 is 0. The number of rotatable bonds is 4. The third-order valence-electron chi connectivity index (χ3n) is 3.07. The van der Waals surface area contributed by atoms with Gasteiger partial charge in [0.25, 0.3) is 0 Å². The summed E-state index contributed by atoms with van der Waals surface area (Å²) in [5, 5.41) is 3.30. The Labute approximate surface area is 104 Å². The molecular formula is C13H16F3NO. The molecule has 0 aromatic heterocycles. The van der Waals surface area contributed by atoms with E-state index in [4.69, 9.17) is 4.74 Å². The van der Waals surface area contributed by atoms with Gasteiger partial charge in [0.05, 0.1) is 5.56 Å². The Balaban J connectivity index is 1.85. The molecule has 0 aliphatic heterocycles. The van der Waals surface area contributed by atoms with Crippen LogP contribution in [0.2, 0.25) is 0 Å². The fraction of sp³-hybridized carbons (Fsp3) is 0.538. The third-order valence-corrected chi connectivity index (χ3v) is 3.07. The quantitative estimate of drug-likeness (QED) is 0.896. The van der Waals surface area contributed by atoms with Gasteiger partial charge in [-0.3, -0.25) is 0 Å². The van der Waals surface area contributed by atoms with Crippen molar-refractivity contribution >= 4 is 0 Å². The third kappa shape index (κ3) is 3.16. The van der Waals surface area contributed by atoms with Gasteiger partial charge in [0, 0.05) is 6.04 Å². The number of hydrogen-bond acceptors (Lipinski definition) is 2. The summed E-state index contributed by atoms with van der Waals surface area (Å²) in [5.74, 6) is 0.503. The number of alkyl halides is 3. The van der Waals surface area contributed by atoms with Crippen molar-refractivity contribution in [3.8, 4) is 5.75 Å². The minimum atomic E-state index is -4.29. The molecule has 0 heterocycles. The molecular weight excluding hydrogens is 243 g/mol. The van der Waals surface area contributed by atoms with E-state index in [1.807, 2.05) is 6.92 Å². The average Bonchev–Trinajstić information content (AvgIpc) is 2.26. The number of nitrogens with one attached hydrogen (secondary N) is 1. The van der Waals surface area contributed by atoms with E-state index in [1.165, 1.54) is 12.1 Å². The van der Waals surface area contributed by atoms with E-state index in [9.17, 15) is 13.2 Å². The van der Waals surface area contributed by atoms with E-state index in [-0.39, 0.29) is 6.10 Å². The topological polar surface area (TPSA) is 21.3 Å². The zero-order valence-corrected chi connectivity index (χ0v) is 10.1. The van der Waals surface area contributed by atoms with Gasteiger partial charge >= 0.3 is 6.18 Å². The number of benzene rings is 1. The summed E-state index contributed by atoms with van der Waals surface area (Å²) in [6, 6.07) is 5.34. The number of halogens is 3. The minimum absolute atomic E-state index is 0.116. The highest BCUT2D eigenvalue weighted by Crippen LogP contribution is 2.31. The molecule has 0 amide bonds. The van der Waals surface area contributed by atoms with Crippen molar-refractivity contribution in [2.45, 2.75) is 38.1 Å². The Hall–Kier alpha value is -1.23. The SMILES string of the molecule is CCNC1CC(Oc2ccc(C(F)(F)F)cc2)C1. The van der Waals surface area contributed by atoms with Gasteiger partial charge < -0.3 is 10.1 Å². The maximum absolute atomic E-state index is 12.3. The fourth-order valence-electron chi connectivity index (χ4n) is 2.03. The molecule has 0 unspecified atom stereocenters. The van der Waals surface area contributed by atoms with Crippen molar-refractivity contribution in [2.24, 2.45) is 0 Å². The van der Waals surface area contributed by atoms with E-state index in [0.29, 0.717) is 11.8 Å². The molecule has 2 rings (SSSR count). The highest BCUT2D eigenvalue weighted by atomic mass is 19.4. The van der Waals surface area contributed by atoms with Crippen molar-refractivity contribution in [3.05, 3.63) is 29.8 Å². The molecule has 0 radical (unpaired) electrons. The fourth-order valence-corrected chi connectivity index (χ4v) is 2.03. The average molecular weight is 259 g/mol. The van der Waals surface area contributed by atoms with Crippen molar-refractivity contribution in [2.75, 3.05) is 6.54 Å². The second kappa shape index (κ2) is 5.18. The lowest BCUT2D eigenvalue weighted by Crippen LogP contribution is -2.46. The van der Waals surface area contributed by atoms with Gasteiger partial charge in [-0.05, 0) is 43.7 Å². The Kier molecular flexibility index (Phi) is 3.80. The molecule has 1 N–H and O–H groups in total. The molecule has 1 aromatic carbocycles. The molecule has 5 heteroatoms. The van der Waals surface area contributed by atoms with Crippen LogP contribution in [0.1, 0.15) is 25.3 Å². The van der Waals surface area contributed by atoms with Gasteiger partial charge in [-0.2, -0.15) is 13.2 Å². The molecule has 1 aromatic rings. The predicted molar refractivity (Wildman–Crippen MR) is 62.6 cm³/mol. The maximum atomic E-state index is 12.3. The van der Waals surface area contributed by atoms with Crippen molar-refractivity contribution in [3.63, 3.8) is 0 Å². The standard InChI is InChI=1S/C13H16F3NO/c1-2-17-10-7-12(8-10)18-11-5-3-9(4-6-11)13(14,15)16/h3-6,10,12,17H,2,7-8H2,1H3. The van der Waals surface area contributed by atoms with Crippen LogP contribution in [0.25, 0.3) is 0 Å². The first-order valence-electron chi connectivity index (χ1n) is 6.06. The molecule has 100 valence electrons. The predicted octanol–water partition coefficient (Wildman–Crippen LogP) is 3.22. The van der Waals surface area contributed by atoms with E-state index in [0.717, 1.165) is 31.5 Å². The number of ether oxygens (including phenoxy) is 1. The summed E-state index contributed by atoms with van der Waals surface area (Å²) in [6.07, 6.45) is -2.35. The molecule has 2 nitrogen and oxygen atoms in total. The molecule has 0 spiro atoms. The minimum Gasteiger partial charge on any atom is -0.490 e. The second-order valence-electron chi connectivity index (χ2n) is 4.49. The van der Waals surface area contributed by atoms with Crippen LogP contribution in [-0.2, 0) is 6.18 Å². The molecule has 18 heavy (non-hydrogen) atoms. The Bertz CT molecular complexity index is 382. The van der Waals surface area contributed by atoms with Crippen LogP contribution in [0.15, 0.2) is 24.3 Å². The maximum Gasteiger partial charge on any atom is 0.416 e. The van der Waals surface area contributed by atoms with E-state index < -0.39 is 11.7 Å². The first-order chi connectivity index (χ1) is 8.49. The zero-order chi connectivity index (χ0) is 13.2. The van der Waals surface area contributed by atoms with Crippen LogP contribution in [0.5, 0.6) is 5.75 Å². The lowest BCUT2D eigenvalue weighted by Gasteiger charge is -2.35. The Morgan fingerprint density at radius 1 is 1.22 bits per heavy atom. The molecule has 1 aliphatic rings. The van der Waals surface area contributed by atoms with Crippen LogP contribution in [0, 0.1) is 0 Å². The summed E-state index contributed by atoms with van der Waals surface area (Å²) in [4.78, 5) is 0. The van der Waals surface area contributed by atoms with Gasteiger partial charge in [0.15, 0.2) is 0 Å². The summed E-state index contributed by atoms with van der Waals surface area (Å²) in [7, 11) is 0. The van der Waals surface area contributed by atoms with Crippen molar-refractivity contribution < 1.29 is 17.9 Å². The normalized spacial score (nSPS) is 23.6.